The molecule has 6 heteroatoms. The zero-order chi connectivity index (χ0) is 19.5. The molecule has 28 heavy (non-hydrogen) atoms. The maximum absolute atomic E-state index is 12.1. The molecule has 0 saturated heterocycles. The van der Waals surface area contributed by atoms with E-state index >= 15 is 0 Å². The van der Waals surface area contributed by atoms with Gasteiger partial charge >= 0.3 is 5.97 Å². The third kappa shape index (κ3) is 3.32. The van der Waals surface area contributed by atoms with E-state index in [1.165, 1.54) is 19.5 Å². The smallest absolute Gasteiger partial charge is 0.358 e. The molecule has 0 fully saturated rings. The number of esters is 1. The van der Waals surface area contributed by atoms with E-state index in [0.717, 1.165) is 10.9 Å². The van der Waals surface area contributed by atoms with Gasteiger partial charge in [-0.1, -0.05) is 30.3 Å². The minimum atomic E-state index is -0.548. The number of rotatable bonds is 5. The number of hydrogen-bond acceptors (Lipinski definition) is 6. The standard InChI is InChI=1S/C22H18N2O4/c1-14-19(20-21(22(25)26-2)24-11-10-23-20)17-12-16(8-9-18(17)28-14)27-13-15-6-4-3-5-7-15/h3-12H,13H2,1-2H3. The molecule has 0 N–H and O–H groups in total. The lowest BCUT2D eigenvalue weighted by Gasteiger charge is -2.08. The average molecular weight is 374 g/mol. The zero-order valence-electron chi connectivity index (χ0n) is 15.5. The second-order valence-corrected chi connectivity index (χ2v) is 6.21. The highest BCUT2D eigenvalue weighted by Gasteiger charge is 2.22. The number of aromatic nitrogens is 2. The fraction of sp³-hybridized carbons (Fsp3) is 0.136. The van der Waals surface area contributed by atoms with Gasteiger partial charge in [0, 0.05) is 17.8 Å². The molecule has 0 radical (unpaired) electrons. The molecule has 0 spiro atoms. The van der Waals surface area contributed by atoms with Gasteiger partial charge in [0.05, 0.1) is 12.7 Å². The fourth-order valence-corrected chi connectivity index (χ4v) is 3.09. The molecule has 0 atom stereocenters. The lowest BCUT2D eigenvalue weighted by atomic mass is 10.1. The highest BCUT2D eigenvalue weighted by Crippen LogP contribution is 2.36. The zero-order valence-corrected chi connectivity index (χ0v) is 15.5. The van der Waals surface area contributed by atoms with Crippen LogP contribution in [0.15, 0.2) is 65.3 Å². The van der Waals surface area contributed by atoms with Gasteiger partial charge in [-0.25, -0.2) is 9.78 Å². The summed E-state index contributed by atoms with van der Waals surface area (Å²) in [6, 6.07) is 15.5. The first-order chi connectivity index (χ1) is 13.7. The SMILES string of the molecule is COC(=O)c1nccnc1-c1c(C)oc2ccc(OCc3ccccc3)cc12. The molecule has 0 bridgehead atoms. The predicted molar refractivity (Wildman–Crippen MR) is 104 cm³/mol. The van der Waals surface area contributed by atoms with Crippen molar-refractivity contribution >= 4 is 16.9 Å². The minimum Gasteiger partial charge on any atom is -0.489 e. The summed E-state index contributed by atoms with van der Waals surface area (Å²) >= 11 is 0. The van der Waals surface area contributed by atoms with E-state index in [9.17, 15) is 4.79 Å². The van der Waals surface area contributed by atoms with Crippen molar-refractivity contribution in [1.82, 2.24) is 9.97 Å². The number of methoxy groups -OCH3 is 1. The van der Waals surface area contributed by atoms with Gasteiger partial charge in [0.1, 0.15) is 29.4 Å². The number of benzene rings is 2. The van der Waals surface area contributed by atoms with E-state index in [1.807, 2.05) is 55.5 Å². The number of fused-ring (bicyclic) bond motifs is 1. The van der Waals surface area contributed by atoms with Crippen LogP contribution in [0.3, 0.4) is 0 Å². The van der Waals surface area contributed by atoms with Crippen molar-refractivity contribution in [2.45, 2.75) is 13.5 Å². The molecule has 0 amide bonds. The maximum Gasteiger partial charge on any atom is 0.358 e. The minimum absolute atomic E-state index is 0.145. The van der Waals surface area contributed by atoms with Crippen molar-refractivity contribution in [3.05, 3.63) is 77.9 Å². The van der Waals surface area contributed by atoms with Crippen LogP contribution in [0.2, 0.25) is 0 Å². The topological polar surface area (TPSA) is 74.5 Å². The Labute approximate surface area is 161 Å². The summed E-state index contributed by atoms with van der Waals surface area (Å²) < 4.78 is 16.6. The van der Waals surface area contributed by atoms with Crippen molar-refractivity contribution < 1.29 is 18.7 Å². The van der Waals surface area contributed by atoms with Crippen LogP contribution in [0.25, 0.3) is 22.2 Å². The molecule has 6 nitrogen and oxygen atoms in total. The number of hydrogen-bond donors (Lipinski definition) is 0. The van der Waals surface area contributed by atoms with Gasteiger partial charge in [-0.2, -0.15) is 0 Å². The average Bonchev–Trinajstić information content (AvgIpc) is 3.07. The second-order valence-electron chi connectivity index (χ2n) is 6.21. The fourth-order valence-electron chi connectivity index (χ4n) is 3.09. The van der Waals surface area contributed by atoms with Gasteiger partial charge in [-0.3, -0.25) is 4.98 Å². The van der Waals surface area contributed by atoms with E-state index in [2.05, 4.69) is 9.97 Å². The monoisotopic (exact) mass is 374 g/mol. The van der Waals surface area contributed by atoms with Crippen molar-refractivity contribution in [2.75, 3.05) is 7.11 Å². The summed E-state index contributed by atoms with van der Waals surface area (Å²) in [4.78, 5) is 20.6. The predicted octanol–water partition coefficient (Wildman–Crippen LogP) is 4.56. The number of aryl methyl sites for hydroxylation is 1. The molecule has 0 aliphatic heterocycles. The van der Waals surface area contributed by atoms with Gasteiger partial charge in [0.2, 0.25) is 0 Å². The Morgan fingerprint density at radius 3 is 2.64 bits per heavy atom. The molecular formula is C22H18N2O4. The second kappa shape index (κ2) is 7.52. The summed E-state index contributed by atoms with van der Waals surface area (Å²) in [7, 11) is 1.32. The lowest BCUT2D eigenvalue weighted by molar-refractivity contribution is 0.0594. The molecule has 0 saturated carbocycles. The van der Waals surface area contributed by atoms with E-state index in [0.29, 0.717) is 35.0 Å². The molecule has 4 rings (SSSR count). The summed E-state index contributed by atoms with van der Waals surface area (Å²) in [5.74, 6) is 0.788. The Hall–Kier alpha value is -3.67. The summed E-state index contributed by atoms with van der Waals surface area (Å²) in [6.07, 6.45) is 3.00. The van der Waals surface area contributed by atoms with Crippen LogP contribution in [-0.4, -0.2) is 23.0 Å². The highest BCUT2D eigenvalue weighted by molar-refractivity contribution is 6.02. The van der Waals surface area contributed by atoms with Crippen LogP contribution in [0.5, 0.6) is 5.75 Å². The first-order valence-corrected chi connectivity index (χ1v) is 8.77. The third-order valence-corrected chi connectivity index (χ3v) is 4.40. The van der Waals surface area contributed by atoms with Crippen LogP contribution < -0.4 is 4.74 Å². The maximum atomic E-state index is 12.1. The molecule has 2 heterocycles. The molecular weight excluding hydrogens is 356 g/mol. The highest BCUT2D eigenvalue weighted by atomic mass is 16.5. The molecule has 2 aromatic carbocycles. The number of carbonyl (C=O) groups is 1. The first kappa shape index (κ1) is 17.7. The molecule has 4 aromatic rings. The van der Waals surface area contributed by atoms with E-state index in [4.69, 9.17) is 13.9 Å². The van der Waals surface area contributed by atoms with Crippen LogP contribution in [0.4, 0.5) is 0 Å². The lowest BCUT2D eigenvalue weighted by Crippen LogP contribution is -2.07. The van der Waals surface area contributed by atoms with Crippen LogP contribution >= 0.6 is 0 Å². The molecule has 2 aromatic heterocycles. The van der Waals surface area contributed by atoms with Crippen LogP contribution in [-0.2, 0) is 11.3 Å². The van der Waals surface area contributed by atoms with Gasteiger partial charge in [-0.05, 0) is 30.7 Å². The van der Waals surface area contributed by atoms with Crippen molar-refractivity contribution in [3.63, 3.8) is 0 Å². The quantitative estimate of drug-likeness (QED) is 0.477. The van der Waals surface area contributed by atoms with Crippen LogP contribution in [0.1, 0.15) is 21.8 Å². The Balaban J connectivity index is 1.75. The van der Waals surface area contributed by atoms with Gasteiger partial charge in [0.25, 0.3) is 0 Å². The van der Waals surface area contributed by atoms with Gasteiger partial charge in [-0.15, -0.1) is 0 Å². The Kier molecular flexibility index (Phi) is 4.76. The third-order valence-electron chi connectivity index (χ3n) is 4.40. The number of furan rings is 1. The van der Waals surface area contributed by atoms with Gasteiger partial charge in [0.15, 0.2) is 5.69 Å². The van der Waals surface area contributed by atoms with E-state index in [-0.39, 0.29) is 5.69 Å². The van der Waals surface area contributed by atoms with E-state index in [1.54, 1.807) is 0 Å². The van der Waals surface area contributed by atoms with Crippen LogP contribution in [0, 0.1) is 6.92 Å². The summed E-state index contributed by atoms with van der Waals surface area (Å²) in [6.45, 7) is 2.28. The number of nitrogens with zero attached hydrogens (tertiary/aromatic N) is 2. The number of carbonyl (C=O) groups excluding carboxylic acids is 1. The van der Waals surface area contributed by atoms with E-state index < -0.39 is 5.97 Å². The Bertz CT molecular complexity index is 1140. The molecule has 0 unspecified atom stereocenters. The molecule has 140 valence electrons. The largest absolute Gasteiger partial charge is 0.489 e. The molecule has 0 aliphatic rings. The van der Waals surface area contributed by atoms with Gasteiger partial charge < -0.3 is 13.9 Å². The number of ether oxygens (including phenoxy) is 2. The summed E-state index contributed by atoms with van der Waals surface area (Å²) in [5.41, 5.74) is 3.03. The van der Waals surface area contributed by atoms with Crippen molar-refractivity contribution in [2.24, 2.45) is 0 Å². The Morgan fingerprint density at radius 1 is 1.07 bits per heavy atom. The van der Waals surface area contributed by atoms with Crippen molar-refractivity contribution in [1.29, 1.82) is 0 Å². The van der Waals surface area contributed by atoms with Crippen molar-refractivity contribution in [3.8, 4) is 17.0 Å². The molecule has 0 aliphatic carbocycles. The summed E-state index contributed by atoms with van der Waals surface area (Å²) in [5, 5.41) is 0.800. The first-order valence-electron chi connectivity index (χ1n) is 8.77. The normalized spacial score (nSPS) is 10.8. The Morgan fingerprint density at radius 2 is 1.86 bits per heavy atom.